The highest BCUT2D eigenvalue weighted by atomic mass is 32.2. The lowest BCUT2D eigenvalue weighted by Gasteiger charge is -2.22. The summed E-state index contributed by atoms with van der Waals surface area (Å²) in [5.41, 5.74) is -6.14. The lowest BCUT2D eigenvalue weighted by Crippen LogP contribution is -2.30. The van der Waals surface area contributed by atoms with Gasteiger partial charge in [-0.1, -0.05) is 0 Å². The predicted octanol–water partition coefficient (Wildman–Crippen LogP) is 3.68. The van der Waals surface area contributed by atoms with Crippen LogP contribution in [-0.4, -0.2) is 37.0 Å². The summed E-state index contributed by atoms with van der Waals surface area (Å²) in [5.74, 6) is -0.249. The van der Waals surface area contributed by atoms with Crippen LogP contribution in [0.4, 0.5) is 36.2 Å². The normalized spacial score (nSPS) is 11.8. The number of aromatic nitrogens is 2. The molecule has 158 valence electrons. The van der Waals surface area contributed by atoms with Crippen LogP contribution in [0.1, 0.15) is 25.2 Å². The lowest BCUT2D eigenvalue weighted by atomic mass is 10.2. The minimum absolute atomic E-state index is 0.165. The molecule has 0 amide bonds. The van der Waals surface area contributed by atoms with Gasteiger partial charge in [0.15, 0.2) is 11.4 Å². The van der Waals surface area contributed by atoms with Crippen LogP contribution in [-0.2, 0) is 10.0 Å². The van der Waals surface area contributed by atoms with Gasteiger partial charge in [-0.05, 0) is 32.0 Å². The van der Waals surface area contributed by atoms with Gasteiger partial charge in [0.2, 0.25) is 5.95 Å². The Hall–Kier alpha value is -3.65. The van der Waals surface area contributed by atoms with E-state index in [9.17, 15) is 21.6 Å². The largest absolute Gasteiger partial charge is 0.516 e. The molecule has 0 radical (unpaired) electrons. The first kappa shape index (κ1) is 22.6. The molecule has 14 heteroatoms. The van der Waals surface area contributed by atoms with Gasteiger partial charge < -0.3 is 9.88 Å². The number of halogens is 3. The van der Waals surface area contributed by atoms with Crippen LogP contribution >= 0.6 is 0 Å². The minimum Gasteiger partial charge on any atom is -0.372 e. The number of alkyl halides is 3. The highest BCUT2D eigenvalue weighted by Gasteiger charge is 2.46. The summed E-state index contributed by atoms with van der Waals surface area (Å²) in [6, 6.07) is 7.38. The third-order valence-corrected chi connectivity index (χ3v) is 4.92. The van der Waals surface area contributed by atoms with Gasteiger partial charge in [0.1, 0.15) is 17.8 Å². The molecule has 0 fully saturated rings. The third kappa shape index (κ3) is 4.84. The average molecular weight is 440 g/mol. The number of rotatable bonds is 7. The number of nitriles is 2. The van der Waals surface area contributed by atoms with Gasteiger partial charge in [0, 0.05) is 18.8 Å². The molecule has 0 atom stereocenters. The number of hydrogen-bond acceptors (Lipinski definition) is 8. The molecule has 0 bridgehead atoms. The van der Waals surface area contributed by atoms with E-state index in [1.807, 2.05) is 13.8 Å². The average Bonchev–Trinajstić information content (AvgIpc) is 3.09. The molecule has 2 aromatic rings. The quantitative estimate of drug-likeness (QED) is 0.627. The van der Waals surface area contributed by atoms with E-state index >= 15 is 0 Å². The molecule has 0 aliphatic rings. The second kappa shape index (κ2) is 8.79. The SMILES string of the molecule is CCN(CC)c1ccc(/N=N/c2nc(C#N)c(C#N)[nH]2)c(NS(=O)(=O)C(F)(F)F)c1. The molecule has 0 unspecified atom stereocenters. The zero-order valence-electron chi connectivity index (χ0n) is 15.7. The van der Waals surface area contributed by atoms with Crippen molar-refractivity contribution in [3.63, 3.8) is 0 Å². The van der Waals surface area contributed by atoms with E-state index in [4.69, 9.17) is 10.5 Å². The fraction of sp³-hybridized carbons (Fsp3) is 0.312. The number of H-pyrrole nitrogens is 1. The highest BCUT2D eigenvalue weighted by molar-refractivity contribution is 7.93. The number of sulfonamides is 1. The van der Waals surface area contributed by atoms with Crippen molar-refractivity contribution in [2.24, 2.45) is 10.2 Å². The number of azo groups is 1. The Morgan fingerprint density at radius 3 is 2.37 bits per heavy atom. The van der Waals surface area contributed by atoms with Crippen molar-refractivity contribution in [3.8, 4) is 12.1 Å². The van der Waals surface area contributed by atoms with Gasteiger partial charge in [-0.25, -0.2) is 0 Å². The maximum atomic E-state index is 12.8. The van der Waals surface area contributed by atoms with E-state index in [2.05, 4.69) is 20.2 Å². The summed E-state index contributed by atoms with van der Waals surface area (Å²) in [6.45, 7) is 4.71. The molecule has 10 nitrogen and oxygen atoms in total. The van der Waals surface area contributed by atoms with E-state index < -0.39 is 21.2 Å². The number of aromatic amines is 1. The van der Waals surface area contributed by atoms with Crippen LogP contribution in [0.2, 0.25) is 0 Å². The summed E-state index contributed by atoms with van der Waals surface area (Å²) in [7, 11) is -5.70. The molecule has 0 spiro atoms. The topological polar surface area (TPSA) is 150 Å². The number of anilines is 2. The number of benzene rings is 1. The van der Waals surface area contributed by atoms with Crippen molar-refractivity contribution in [2.45, 2.75) is 19.4 Å². The van der Waals surface area contributed by atoms with Crippen LogP contribution in [0.15, 0.2) is 28.4 Å². The first-order valence-electron chi connectivity index (χ1n) is 8.36. The summed E-state index contributed by atoms with van der Waals surface area (Å²) in [6.07, 6.45) is 0. The monoisotopic (exact) mass is 440 g/mol. The van der Waals surface area contributed by atoms with Gasteiger partial charge in [-0.15, -0.1) is 10.2 Å². The molecule has 0 aliphatic carbocycles. The maximum absolute atomic E-state index is 12.8. The van der Waals surface area contributed by atoms with E-state index in [0.29, 0.717) is 18.8 Å². The molecular weight excluding hydrogens is 425 g/mol. The third-order valence-electron chi connectivity index (χ3n) is 3.82. The Bertz CT molecular complexity index is 1110. The van der Waals surface area contributed by atoms with Gasteiger partial charge in [-0.3, -0.25) is 4.72 Å². The van der Waals surface area contributed by atoms with Gasteiger partial charge in [-0.2, -0.15) is 37.1 Å². The fourth-order valence-electron chi connectivity index (χ4n) is 2.35. The summed E-state index contributed by atoms with van der Waals surface area (Å²) in [5, 5.41) is 25.1. The van der Waals surface area contributed by atoms with Crippen LogP contribution in [0, 0.1) is 22.7 Å². The zero-order valence-corrected chi connectivity index (χ0v) is 16.5. The Kier molecular flexibility index (Phi) is 6.63. The first-order valence-corrected chi connectivity index (χ1v) is 9.84. The zero-order chi connectivity index (χ0) is 22.5. The first-order chi connectivity index (χ1) is 14.1. The molecule has 1 aromatic carbocycles. The molecule has 1 heterocycles. The summed E-state index contributed by atoms with van der Waals surface area (Å²) >= 11 is 0. The van der Waals surface area contributed by atoms with Crippen LogP contribution in [0.5, 0.6) is 0 Å². The molecule has 2 N–H and O–H groups in total. The van der Waals surface area contributed by atoms with Crippen molar-refractivity contribution < 1.29 is 21.6 Å². The summed E-state index contributed by atoms with van der Waals surface area (Å²) in [4.78, 5) is 7.90. The molecule has 2 rings (SSSR count). The van der Waals surface area contributed by atoms with Crippen molar-refractivity contribution >= 4 is 33.0 Å². The Labute approximate surface area is 169 Å². The van der Waals surface area contributed by atoms with E-state index in [0.717, 1.165) is 0 Å². The molecule has 0 saturated carbocycles. The van der Waals surface area contributed by atoms with Crippen molar-refractivity contribution in [1.29, 1.82) is 10.5 Å². The highest BCUT2D eigenvalue weighted by Crippen LogP contribution is 2.34. The van der Waals surface area contributed by atoms with Crippen LogP contribution < -0.4 is 9.62 Å². The fourth-order valence-corrected chi connectivity index (χ4v) is 2.92. The van der Waals surface area contributed by atoms with Crippen molar-refractivity contribution in [1.82, 2.24) is 9.97 Å². The van der Waals surface area contributed by atoms with E-state index in [-0.39, 0.29) is 23.0 Å². The van der Waals surface area contributed by atoms with Crippen molar-refractivity contribution in [3.05, 3.63) is 29.6 Å². The predicted molar refractivity (Wildman–Crippen MR) is 101 cm³/mol. The number of hydrogen-bond donors (Lipinski definition) is 2. The van der Waals surface area contributed by atoms with E-state index in [1.54, 1.807) is 17.0 Å². The summed E-state index contributed by atoms with van der Waals surface area (Å²) < 4.78 is 63.1. The molecular formula is C16H15F3N8O2S. The molecule has 1 aromatic heterocycles. The van der Waals surface area contributed by atoms with Crippen LogP contribution in [0.3, 0.4) is 0 Å². The van der Waals surface area contributed by atoms with Gasteiger partial charge in [0.05, 0.1) is 5.69 Å². The number of nitrogens with zero attached hydrogens (tertiary/aromatic N) is 6. The number of nitrogens with one attached hydrogen (secondary N) is 2. The Balaban J connectivity index is 2.51. The smallest absolute Gasteiger partial charge is 0.372 e. The van der Waals surface area contributed by atoms with Crippen LogP contribution in [0.25, 0.3) is 0 Å². The molecule has 30 heavy (non-hydrogen) atoms. The Morgan fingerprint density at radius 1 is 1.20 bits per heavy atom. The maximum Gasteiger partial charge on any atom is 0.516 e. The van der Waals surface area contributed by atoms with E-state index in [1.165, 1.54) is 22.9 Å². The van der Waals surface area contributed by atoms with Gasteiger partial charge >= 0.3 is 15.5 Å². The second-order valence-corrected chi connectivity index (χ2v) is 7.31. The Morgan fingerprint density at radius 2 is 1.87 bits per heavy atom. The van der Waals surface area contributed by atoms with Crippen molar-refractivity contribution in [2.75, 3.05) is 22.7 Å². The standard InChI is InChI=1S/C16H15F3N8O2S/c1-3-27(4-2)10-5-6-11(12(7-10)26-30(28,29)16(17,18)19)24-25-15-22-13(8-20)14(9-21)23-15/h5-7,26H,3-4H2,1-2H3,(H,22,23)/b25-24+. The second-order valence-electron chi connectivity index (χ2n) is 5.63. The van der Waals surface area contributed by atoms with Gasteiger partial charge in [0.25, 0.3) is 0 Å². The minimum atomic E-state index is -5.70. The molecule has 0 aliphatic heterocycles. The number of imidazole rings is 1. The lowest BCUT2D eigenvalue weighted by molar-refractivity contribution is -0.0429. The molecule has 0 saturated heterocycles.